The third-order valence-electron chi connectivity index (χ3n) is 2.92. The molecule has 0 amide bonds. The van der Waals surface area contributed by atoms with Crippen LogP contribution in [0, 0.1) is 5.41 Å². The number of halogens is 1. The van der Waals surface area contributed by atoms with Gasteiger partial charge in [-0.3, -0.25) is 5.41 Å². The highest BCUT2D eigenvalue weighted by Gasteiger charge is 2.17. The van der Waals surface area contributed by atoms with E-state index in [9.17, 15) is 0 Å². The second kappa shape index (κ2) is 4.85. The van der Waals surface area contributed by atoms with E-state index in [2.05, 4.69) is 16.8 Å². The largest absolute Gasteiger partial charge is 0.354 e. The molecule has 16 heavy (non-hydrogen) atoms. The Bertz CT molecular complexity index is 384. The highest BCUT2D eigenvalue weighted by Crippen LogP contribution is 2.13. The van der Waals surface area contributed by atoms with Gasteiger partial charge >= 0.3 is 0 Å². The highest BCUT2D eigenvalue weighted by molar-refractivity contribution is 6.31. The Morgan fingerprint density at radius 1 is 1.25 bits per heavy atom. The third-order valence-corrected chi connectivity index (χ3v) is 3.15. The summed E-state index contributed by atoms with van der Waals surface area (Å²) < 4.78 is 0. The quantitative estimate of drug-likeness (QED) is 0.598. The van der Waals surface area contributed by atoms with Crippen LogP contribution in [0.4, 0.5) is 0 Å². The molecule has 1 aromatic rings. The molecule has 1 fully saturated rings. The molecular weight excluding hydrogens is 222 g/mol. The second-order valence-corrected chi connectivity index (χ2v) is 4.59. The van der Waals surface area contributed by atoms with Crippen molar-refractivity contribution >= 4 is 17.4 Å². The number of benzene rings is 1. The number of amidine groups is 1. The summed E-state index contributed by atoms with van der Waals surface area (Å²) in [5.74, 6) is 0.579. The smallest absolute Gasteiger partial charge is 0.128 e. The molecule has 1 N–H and O–H groups in total. The van der Waals surface area contributed by atoms with E-state index in [1.54, 1.807) is 0 Å². The van der Waals surface area contributed by atoms with Gasteiger partial charge in [-0.25, -0.2) is 0 Å². The first-order valence-corrected chi connectivity index (χ1v) is 5.82. The summed E-state index contributed by atoms with van der Waals surface area (Å²) in [7, 11) is 2.11. The molecule has 2 rings (SSSR count). The molecule has 0 aliphatic carbocycles. The van der Waals surface area contributed by atoms with Crippen molar-refractivity contribution < 1.29 is 0 Å². The Morgan fingerprint density at radius 3 is 2.56 bits per heavy atom. The van der Waals surface area contributed by atoms with E-state index in [4.69, 9.17) is 17.0 Å². The van der Waals surface area contributed by atoms with Crippen LogP contribution in [0.15, 0.2) is 24.3 Å². The number of hydrogen-bond donors (Lipinski definition) is 1. The second-order valence-electron chi connectivity index (χ2n) is 4.15. The minimum atomic E-state index is 0.579. The lowest BCUT2D eigenvalue weighted by molar-refractivity contribution is 0.215. The Balaban J connectivity index is 2.08. The number of likely N-dealkylation sites (N-methyl/N-ethyl adjacent to an activating group) is 1. The Kier molecular flexibility index (Phi) is 3.46. The first-order valence-electron chi connectivity index (χ1n) is 5.45. The molecule has 0 spiro atoms. The summed E-state index contributed by atoms with van der Waals surface area (Å²) in [6.07, 6.45) is 0. The molecule has 1 aliphatic rings. The van der Waals surface area contributed by atoms with Crippen molar-refractivity contribution in [3.05, 3.63) is 34.9 Å². The summed E-state index contributed by atoms with van der Waals surface area (Å²) in [6, 6.07) is 7.51. The predicted molar refractivity (Wildman–Crippen MR) is 67.4 cm³/mol. The van der Waals surface area contributed by atoms with E-state index < -0.39 is 0 Å². The average molecular weight is 238 g/mol. The number of nitrogens with one attached hydrogen (secondary N) is 1. The van der Waals surface area contributed by atoms with E-state index in [1.807, 2.05) is 24.3 Å². The van der Waals surface area contributed by atoms with E-state index in [0.717, 1.165) is 31.7 Å². The van der Waals surface area contributed by atoms with Gasteiger partial charge in [0.1, 0.15) is 5.84 Å². The van der Waals surface area contributed by atoms with Crippen LogP contribution in [0.5, 0.6) is 0 Å². The molecule has 0 bridgehead atoms. The zero-order valence-corrected chi connectivity index (χ0v) is 10.2. The molecular formula is C12H16ClN3. The predicted octanol–water partition coefficient (Wildman–Crippen LogP) is 1.91. The number of hydrogen-bond acceptors (Lipinski definition) is 2. The summed E-state index contributed by atoms with van der Waals surface area (Å²) >= 11 is 5.93. The van der Waals surface area contributed by atoms with Crippen LogP contribution in [0.1, 0.15) is 5.56 Å². The van der Waals surface area contributed by atoms with Gasteiger partial charge in [0.05, 0.1) is 0 Å². The molecule has 3 nitrogen and oxygen atoms in total. The van der Waals surface area contributed by atoms with Gasteiger partial charge < -0.3 is 9.80 Å². The van der Waals surface area contributed by atoms with E-state index in [1.165, 1.54) is 0 Å². The molecule has 0 aromatic heterocycles. The molecule has 1 saturated heterocycles. The number of nitrogens with zero attached hydrogens (tertiary/aromatic N) is 2. The highest BCUT2D eigenvalue weighted by atomic mass is 35.5. The molecule has 0 radical (unpaired) electrons. The van der Waals surface area contributed by atoms with Gasteiger partial charge in [0, 0.05) is 36.8 Å². The van der Waals surface area contributed by atoms with Crippen LogP contribution < -0.4 is 0 Å². The third kappa shape index (κ3) is 2.54. The Labute approximate surface area is 101 Å². The minimum absolute atomic E-state index is 0.579. The first-order chi connectivity index (χ1) is 7.66. The van der Waals surface area contributed by atoms with Gasteiger partial charge in [0.25, 0.3) is 0 Å². The molecule has 0 saturated carbocycles. The standard InChI is InChI=1S/C12H16ClN3/c1-15-5-7-16(8-6-15)12(14)10-3-2-4-11(13)9-10/h2-4,9,14H,5-8H2,1H3. The monoisotopic (exact) mass is 237 g/mol. The van der Waals surface area contributed by atoms with E-state index in [0.29, 0.717) is 10.9 Å². The lowest BCUT2D eigenvalue weighted by atomic mass is 10.1. The van der Waals surface area contributed by atoms with Gasteiger partial charge in [-0.2, -0.15) is 0 Å². The maximum Gasteiger partial charge on any atom is 0.128 e. The van der Waals surface area contributed by atoms with Crippen molar-refractivity contribution in [1.82, 2.24) is 9.80 Å². The minimum Gasteiger partial charge on any atom is -0.354 e. The first kappa shape index (κ1) is 11.4. The lowest BCUT2D eigenvalue weighted by Crippen LogP contribution is -2.47. The van der Waals surface area contributed by atoms with Crippen molar-refractivity contribution in [3.63, 3.8) is 0 Å². The van der Waals surface area contributed by atoms with Crippen LogP contribution in [0.3, 0.4) is 0 Å². The topological polar surface area (TPSA) is 30.3 Å². The molecule has 1 heterocycles. The van der Waals surface area contributed by atoms with Crippen molar-refractivity contribution in [2.75, 3.05) is 33.2 Å². The summed E-state index contributed by atoms with van der Waals surface area (Å²) in [4.78, 5) is 4.38. The Morgan fingerprint density at radius 2 is 1.94 bits per heavy atom. The lowest BCUT2D eigenvalue weighted by Gasteiger charge is -2.34. The van der Waals surface area contributed by atoms with Crippen LogP contribution in [0.2, 0.25) is 5.02 Å². The number of rotatable bonds is 1. The fraction of sp³-hybridized carbons (Fsp3) is 0.417. The molecule has 1 aliphatic heterocycles. The van der Waals surface area contributed by atoms with Gasteiger partial charge in [0.2, 0.25) is 0 Å². The molecule has 0 unspecified atom stereocenters. The molecule has 86 valence electrons. The van der Waals surface area contributed by atoms with Crippen LogP contribution in [-0.4, -0.2) is 48.9 Å². The van der Waals surface area contributed by atoms with Crippen LogP contribution in [-0.2, 0) is 0 Å². The van der Waals surface area contributed by atoms with Crippen molar-refractivity contribution in [1.29, 1.82) is 5.41 Å². The van der Waals surface area contributed by atoms with Crippen LogP contribution >= 0.6 is 11.6 Å². The van der Waals surface area contributed by atoms with Crippen molar-refractivity contribution in [3.8, 4) is 0 Å². The number of piperazine rings is 1. The summed E-state index contributed by atoms with van der Waals surface area (Å²) in [5, 5.41) is 8.83. The molecule has 0 atom stereocenters. The average Bonchev–Trinajstić information content (AvgIpc) is 2.29. The van der Waals surface area contributed by atoms with Gasteiger partial charge in [-0.05, 0) is 19.2 Å². The molecule has 4 heteroatoms. The molecule has 1 aromatic carbocycles. The van der Waals surface area contributed by atoms with Crippen LogP contribution in [0.25, 0.3) is 0 Å². The van der Waals surface area contributed by atoms with Crippen molar-refractivity contribution in [2.24, 2.45) is 0 Å². The maximum atomic E-state index is 8.14. The summed E-state index contributed by atoms with van der Waals surface area (Å²) in [6.45, 7) is 3.87. The fourth-order valence-corrected chi connectivity index (χ4v) is 2.04. The fourth-order valence-electron chi connectivity index (χ4n) is 1.85. The van der Waals surface area contributed by atoms with Gasteiger partial charge in [0.15, 0.2) is 0 Å². The SMILES string of the molecule is CN1CCN(C(=N)c2cccc(Cl)c2)CC1. The Hall–Kier alpha value is -1.06. The zero-order valence-electron chi connectivity index (χ0n) is 9.41. The van der Waals surface area contributed by atoms with Gasteiger partial charge in [-0.1, -0.05) is 23.7 Å². The van der Waals surface area contributed by atoms with Crippen molar-refractivity contribution in [2.45, 2.75) is 0 Å². The van der Waals surface area contributed by atoms with E-state index >= 15 is 0 Å². The zero-order chi connectivity index (χ0) is 11.5. The summed E-state index contributed by atoms with van der Waals surface area (Å²) in [5.41, 5.74) is 0.900. The van der Waals surface area contributed by atoms with Gasteiger partial charge in [-0.15, -0.1) is 0 Å². The van der Waals surface area contributed by atoms with E-state index in [-0.39, 0.29) is 0 Å². The normalized spacial score (nSPS) is 17.5. The maximum absolute atomic E-state index is 8.14.